The van der Waals surface area contributed by atoms with Gasteiger partial charge in [0.05, 0.1) is 20.3 Å². The summed E-state index contributed by atoms with van der Waals surface area (Å²) in [5.74, 6) is 1.80. The molecular weight excluding hydrogens is 350 g/mol. The van der Waals surface area contributed by atoms with E-state index in [4.69, 9.17) is 21.1 Å². The van der Waals surface area contributed by atoms with E-state index < -0.39 is 0 Å². The molecule has 3 aliphatic rings. The van der Waals surface area contributed by atoms with Crippen molar-refractivity contribution in [2.75, 3.05) is 19.1 Å². The van der Waals surface area contributed by atoms with Crippen molar-refractivity contribution in [1.82, 2.24) is 0 Å². The van der Waals surface area contributed by atoms with Crippen molar-refractivity contribution in [3.05, 3.63) is 53.1 Å². The van der Waals surface area contributed by atoms with Crippen LogP contribution in [0, 0.1) is 5.92 Å². The third kappa shape index (κ3) is 2.82. The lowest BCUT2D eigenvalue weighted by Gasteiger charge is -2.52. The van der Waals surface area contributed by atoms with Crippen molar-refractivity contribution in [1.29, 1.82) is 0 Å². The van der Waals surface area contributed by atoms with E-state index in [0.717, 1.165) is 24.1 Å². The van der Waals surface area contributed by atoms with Gasteiger partial charge < -0.3 is 14.4 Å². The molecule has 3 unspecified atom stereocenters. The average Bonchev–Trinajstić information content (AvgIpc) is 2.67. The van der Waals surface area contributed by atoms with Gasteiger partial charge in [-0.2, -0.15) is 0 Å². The zero-order valence-corrected chi connectivity index (χ0v) is 15.7. The third-order valence-electron chi connectivity index (χ3n) is 5.61. The number of Topliss-reactive ketones (excluding diaryl/α,β-unsaturated/α-hetero) is 1. The van der Waals surface area contributed by atoms with E-state index in [1.165, 1.54) is 0 Å². The molecule has 5 heteroatoms. The Balaban J connectivity index is 1.79. The Morgan fingerprint density at radius 1 is 1.00 bits per heavy atom. The van der Waals surface area contributed by atoms with Crippen molar-refractivity contribution in [3.8, 4) is 11.5 Å². The van der Waals surface area contributed by atoms with E-state index in [-0.39, 0.29) is 18.0 Å². The molecule has 0 N–H and O–H groups in total. The molecule has 3 fully saturated rings. The molecule has 2 aliphatic heterocycles. The minimum atomic E-state index is 0.0225. The maximum absolute atomic E-state index is 12.6. The SMILES string of the molecule is COc1ccc(N2C3CCC(C(=O)C3)C2c2ccc(Cl)cc2)cc1OC. The van der Waals surface area contributed by atoms with Crippen LogP contribution in [0.3, 0.4) is 0 Å². The number of halogens is 1. The maximum Gasteiger partial charge on any atom is 0.162 e. The predicted octanol–water partition coefficient (Wildman–Crippen LogP) is 4.66. The molecule has 26 heavy (non-hydrogen) atoms. The van der Waals surface area contributed by atoms with Crippen LogP contribution < -0.4 is 14.4 Å². The predicted molar refractivity (Wildman–Crippen MR) is 102 cm³/mol. The van der Waals surface area contributed by atoms with Crippen molar-refractivity contribution in [2.24, 2.45) is 5.92 Å². The van der Waals surface area contributed by atoms with Crippen LogP contribution in [0.4, 0.5) is 5.69 Å². The smallest absolute Gasteiger partial charge is 0.162 e. The standard InChI is InChI=1S/C21H22ClNO3/c1-25-19-10-8-16(12-20(19)26-2)23-15-7-9-17(18(24)11-15)21(23)13-3-5-14(22)6-4-13/h3-6,8,10,12,15,17,21H,7,9,11H2,1-2H3. The first-order valence-electron chi connectivity index (χ1n) is 8.91. The van der Waals surface area contributed by atoms with Gasteiger partial charge >= 0.3 is 0 Å². The lowest BCUT2D eigenvalue weighted by atomic mass is 9.71. The molecule has 4 nitrogen and oxygen atoms in total. The Hall–Kier alpha value is -2.20. The number of ketones is 1. The van der Waals surface area contributed by atoms with Crippen LogP contribution in [0.25, 0.3) is 0 Å². The zero-order valence-electron chi connectivity index (χ0n) is 14.9. The number of methoxy groups -OCH3 is 2. The second kappa shape index (κ2) is 6.84. The van der Waals surface area contributed by atoms with Gasteiger partial charge in [-0.05, 0) is 42.7 Å². The van der Waals surface area contributed by atoms with Crippen LogP contribution in [-0.4, -0.2) is 26.0 Å². The minimum absolute atomic E-state index is 0.0225. The van der Waals surface area contributed by atoms with Crippen LogP contribution in [0.1, 0.15) is 30.9 Å². The van der Waals surface area contributed by atoms with E-state index in [2.05, 4.69) is 11.0 Å². The number of nitrogens with zero attached hydrogens (tertiary/aromatic N) is 1. The molecule has 0 radical (unpaired) electrons. The van der Waals surface area contributed by atoms with Gasteiger partial charge in [0.1, 0.15) is 5.78 Å². The summed E-state index contributed by atoms with van der Waals surface area (Å²) < 4.78 is 10.9. The van der Waals surface area contributed by atoms with Crippen molar-refractivity contribution in [2.45, 2.75) is 31.3 Å². The number of hydrogen-bond acceptors (Lipinski definition) is 4. The molecule has 1 saturated carbocycles. The van der Waals surface area contributed by atoms with Crippen molar-refractivity contribution >= 4 is 23.1 Å². The third-order valence-corrected chi connectivity index (χ3v) is 5.86. The van der Waals surface area contributed by atoms with E-state index in [0.29, 0.717) is 28.7 Å². The van der Waals surface area contributed by atoms with Gasteiger partial charge in [0.2, 0.25) is 0 Å². The summed E-state index contributed by atoms with van der Waals surface area (Å²) in [6, 6.07) is 14.1. The molecule has 0 amide bonds. The van der Waals surface area contributed by atoms with Gasteiger partial charge in [0, 0.05) is 35.2 Å². The quantitative estimate of drug-likeness (QED) is 0.783. The topological polar surface area (TPSA) is 38.8 Å². The Morgan fingerprint density at radius 2 is 1.73 bits per heavy atom. The van der Waals surface area contributed by atoms with Crippen LogP contribution in [-0.2, 0) is 4.79 Å². The fraction of sp³-hybridized carbons (Fsp3) is 0.381. The first-order valence-corrected chi connectivity index (χ1v) is 9.28. The van der Waals surface area contributed by atoms with Crippen LogP contribution >= 0.6 is 11.6 Å². The maximum atomic E-state index is 12.6. The Bertz CT molecular complexity index is 821. The van der Waals surface area contributed by atoms with Crippen LogP contribution in [0.2, 0.25) is 5.02 Å². The fourth-order valence-corrected chi connectivity index (χ4v) is 4.55. The summed E-state index contributed by atoms with van der Waals surface area (Å²) in [6.45, 7) is 0. The fourth-order valence-electron chi connectivity index (χ4n) is 4.42. The Morgan fingerprint density at radius 3 is 2.38 bits per heavy atom. The monoisotopic (exact) mass is 371 g/mol. The highest BCUT2D eigenvalue weighted by atomic mass is 35.5. The molecule has 2 aromatic carbocycles. The number of benzene rings is 2. The summed E-state index contributed by atoms with van der Waals surface area (Å²) in [4.78, 5) is 15.0. The number of rotatable bonds is 4. The van der Waals surface area contributed by atoms with Crippen LogP contribution in [0.5, 0.6) is 11.5 Å². The number of piperidine rings is 2. The molecule has 1 aliphatic carbocycles. The molecule has 136 valence electrons. The lowest BCUT2D eigenvalue weighted by Crippen LogP contribution is -2.54. The van der Waals surface area contributed by atoms with E-state index in [9.17, 15) is 4.79 Å². The number of carbonyl (C=O) groups is 1. The molecule has 2 saturated heterocycles. The molecule has 0 aromatic heterocycles. The number of anilines is 1. The van der Waals surface area contributed by atoms with Gasteiger partial charge in [-0.25, -0.2) is 0 Å². The van der Waals surface area contributed by atoms with Gasteiger partial charge in [-0.15, -0.1) is 0 Å². The van der Waals surface area contributed by atoms with Gasteiger partial charge in [0.25, 0.3) is 0 Å². The molecule has 2 heterocycles. The number of ether oxygens (including phenoxy) is 2. The summed E-state index contributed by atoms with van der Waals surface area (Å²) in [5, 5.41) is 0.707. The highest BCUT2D eigenvalue weighted by molar-refractivity contribution is 6.30. The Labute approximate surface area is 158 Å². The molecule has 3 atom stereocenters. The lowest BCUT2D eigenvalue weighted by molar-refractivity contribution is -0.128. The number of hydrogen-bond donors (Lipinski definition) is 0. The Kier molecular flexibility index (Phi) is 4.53. The highest BCUT2D eigenvalue weighted by Crippen LogP contribution is 2.49. The summed E-state index contributed by atoms with van der Waals surface area (Å²) in [5.41, 5.74) is 2.19. The van der Waals surface area contributed by atoms with E-state index in [1.807, 2.05) is 36.4 Å². The normalized spacial score (nSPS) is 24.7. The highest BCUT2D eigenvalue weighted by Gasteiger charge is 2.47. The first kappa shape index (κ1) is 17.2. The van der Waals surface area contributed by atoms with Gasteiger partial charge in [-0.3, -0.25) is 4.79 Å². The number of fused-ring (bicyclic) bond motifs is 3. The first-order chi connectivity index (χ1) is 12.6. The summed E-state index contributed by atoms with van der Waals surface area (Å²) in [7, 11) is 3.28. The van der Waals surface area contributed by atoms with Crippen molar-refractivity contribution in [3.63, 3.8) is 0 Å². The second-order valence-corrected chi connectivity index (χ2v) is 7.39. The minimum Gasteiger partial charge on any atom is -0.493 e. The second-order valence-electron chi connectivity index (χ2n) is 6.95. The van der Waals surface area contributed by atoms with Gasteiger partial charge in [0.15, 0.2) is 11.5 Å². The molecular formula is C21H22ClNO3. The summed E-state index contributed by atoms with van der Waals surface area (Å²) >= 11 is 6.07. The van der Waals surface area contributed by atoms with Crippen LogP contribution in [0.15, 0.2) is 42.5 Å². The molecule has 5 rings (SSSR count). The summed E-state index contributed by atoms with van der Waals surface area (Å²) in [6.07, 6.45) is 2.60. The van der Waals surface area contributed by atoms with E-state index in [1.54, 1.807) is 14.2 Å². The largest absolute Gasteiger partial charge is 0.493 e. The average molecular weight is 372 g/mol. The molecule has 0 spiro atoms. The van der Waals surface area contributed by atoms with Crippen molar-refractivity contribution < 1.29 is 14.3 Å². The number of carbonyl (C=O) groups excluding carboxylic acids is 1. The molecule has 2 aromatic rings. The van der Waals surface area contributed by atoms with Gasteiger partial charge in [-0.1, -0.05) is 23.7 Å². The molecule has 2 bridgehead atoms. The zero-order chi connectivity index (χ0) is 18.3. The van der Waals surface area contributed by atoms with E-state index >= 15 is 0 Å².